The molecule has 0 spiro atoms. The van der Waals surface area contributed by atoms with E-state index in [1.807, 2.05) is 22.8 Å². The number of hydrogen-bond acceptors (Lipinski definition) is 3. The molecule has 2 amide bonds. The Hall–Kier alpha value is -2.08. The first-order valence-electron chi connectivity index (χ1n) is 10.2. The molecule has 1 atom stereocenters. The van der Waals surface area contributed by atoms with Gasteiger partial charge in [0.15, 0.2) is 0 Å². The van der Waals surface area contributed by atoms with E-state index < -0.39 is 5.97 Å². The highest BCUT2D eigenvalue weighted by atomic mass is 16.4. The Bertz CT molecular complexity index is 676. The molecular formula is C22H35N3O3. The zero-order chi connectivity index (χ0) is 20.9. The number of aryl methyl sites for hydroxylation is 1. The third-order valence-electron chi connectivity index (χ3n) is 5.52. The molecule has 0 saturated carbocycles. The van der Waals surface area contributed by atoms with E-state index in [0.29, 0.717) is 19.6 Å². The summed E-state index contributed by atoms with van der Waals surface area (Å²) in [6, 6.07) is 8.40. The molecule has 1 aliphatic heterocycles. The van der Waals surface area contributed by atoms with Crippen LogP contribution in [0.2, 0.25) is 0 Å². The quantitative estimate of drug-likeness (QED) is 0.779. The molecule has 1 aromatic carbocycles. The number of urea groups is 1. The smallest absolute Gasteiger partial charge is 0.317 e. The maximum Gasteiger partial charge on any atom is 0.317 e. The lowest BCUT2D eigenvalue weighted by Crippen LogP contribution is -2.51. The molecule has 2 rings (SSSR count). The predicted molar refractivity (Wildman–Crippen MR) is 111 cm³/mol. The van der Waals surface area contributed by atoms with Crippen molar-refractivity contribution < 1.29 is 14.7 Å². The van der Waals surface area contributed by atoms with Gasteiger partial charge in [-0.25, -0.2) is 4.79 Å². The molecule has 0 radical (unpaired) electrons. The number of amides is 2. The number of benzene rings is 1. The van der Waals surface area contributed by atoms with Crippen molar-refractivity contribution in [3.05, 3.63) is 35.4 Å². The first-order chi connectivity index (χ1) is 13.1. The Balaban J connectivity index is 2.01. The second-order valence-electron chi connectivity index (χ2n) is 8.84. The van der Waals surface area contributed by atoms with Crippen LogP contribution in [0.3, 0.4) is 0 Å². The fourth-order valence-corrected chi connectivity index (χ4v) is 3.97. The Labute approximate surface area is 168 Å². The lowest BCUT2D eigenvalue weighted by Gasteiger charge is -2.39. The van der Waals surface area contributed by atoms with Gasteiger partial charge in [-0.15, -0.1) is 0 Å². The Morgan fingerprint density at radius 2 is 1.93 bits per heavy atom. The molecule has 1 saturated heterocycles. The summed E-state index contributed by atoms with van der Waals surface area (Å²) in [6.07, 6.45) is 1.61. The molecule has 6 heteroatoms. The minimum atomic E-state index is -0.798. The van der Waals surface area contributed by atoms with Crippen molar-refractivity contribution in [1.82, 2.24) is 15.1 Å². The monoisotopic (exact) mass is 389 g/mol. The number of nitrogens with zero attached hydrogens (tertiary/aromatic N) is 2. The number of likely N-dealkylation sites (tertiary alicyclic amines) is 1. The molecule has 6 nitrogen and oxygen atoms in total. The SMILES string of the molecule is CCN(CC(=O)O)C1CCN(C(=O)NC(c2cccc(C)c2)C(C)(C)C)CC1. The van der Waals surface area contributed by atoms with Crippen molar-refractivity contribution >= 4 is 12.0 Å². The summed E-state index contributed by atoms with van der Waals surface area (Å²) < 4.78 is 0. The Morgan fingerprint density at radius 1 is 1.29 bits per heavy atom. The number of carbonyl (C=O) groups is 2. The first kappa shape index (κ1) is 22.2. The van der Waals surface area contributed by atoms with Gasteiger partial charge >= 0.3 is 12.0 Å². The highest BCUT2D eigenvalue weighted by Crippen LogP contribution is 2.33. The molecule has 1 fully saturated rings. The summed E-state index contributed by atoms with van der Waals surface area (Å²) in [7, 11) is 0. The van der Waals surface area contributed by atoms with Crippen molar-refractivity contribution in [3.63, 3.8) is 0 Å². The number of aliphatic carboxylic acids is 1. The average Bonchev–Trinajstić information content (AvgIpc) is 2.63. The van der Waals surface area contributed by atoms with Crippen LogP contribution in [0.1, 0.15) is 57.7 Å². The molecule has 28 heavy (non-hydrogen) atoms. The van der Waals surface area contributed by atoms with Crippen molar-refractivity contribution in [3.8, 4) is 0 Å². The van der Waals surface area contributed by atoms with Crippen molar-refractivity contribution in [2.75, 3.05) is 26.2 Å². The second-order valence-corrected chi connectivity index (χ2v) is 8.84. The molecule has 1 unspecified atom stereocenters. The molecule has 0 bridgehead atoms. The summed E-state index contributed by atoms with van der Waals surface area (Å²) in [4.78, 5) is 27.8. The highest BCUT2D eigenvalue weighted by Gasteiger charge is 2.32. The number of hydrogen-bond donors (Lipinski definition) is 2. The van der Waals surface area contributed by atoms with Gasteiger partial charge in [0.05, 0.1) is 12.6 Å². The molecular weight excluding hydrogens is 354 g/mol. The maximum atomic E-state index is 12.9. The van der Waals surface area contributed by atoms with Crippen LogP contribution < -0.4 is 5.32 Å². The van der Waals surface area contributed by atoms with E-state index in [4.69, 9.17) is 5.11 Å². The lowest BCUT2D eigenvalue weighted by atomic mass is 9.82. The van der Waals surface area contributed by atoms with Gasteiger partial charge in [-0.3, -0.25) is 9.69 Å². The van der Waals surface area contributed by atoms with Gasteiger partial charge in [0.25, 0.3) is 0 Å². The van der Waals surface area contributed by atoms with E-state index >= 15 is 0 Å². The van der Waals surface area contributed by atoms with Crippen LogP contribution in [0.5, 0.6) is 0 Å². The third-order valence-corrected chi connectivity index (χ3v) is 5.52. The van der Waals surface area contributed by atoms with Crippen molar-refractivity contribution in [1.29, 1.82) is 0 Å². The van der Waals surface area contributed by atoms with Gasteiger partial charge in [0, 0.05) is 19.1 Å². The lowest BCUT2D eigenvalue weighted by molar-refractivity contribution is -0.139. The van der Waals surface area contributed by atoms with Crippen molar-refractivity contribution in [2.24, 2.45) is 5.41 Å². The van der Waals surface area contributed by atoms with Gasteiger partial charge in [-0.2, -0.15) is 0 Å². The fraction of sp³-hybridized carbons (Fsp3) is 0.636. The topological polar surface area (TPSA) is 72.9 Å². The number of nitrogens with one attached hydrogen (secondary N) is 1. The van der Waals surface area contributed by atoms with Crippen LogP contribution in [-0.2, 0) is 4.79 Å². The third kappa shape index (κ3) is 5.96. The number of piperidine rings is 1. The maximum absolute atomic E-state index is 12.9. The van der Waals surface area contributed by atoms with E-state index in [-0.39, 0.29) is 30.1 Å². The van der Waals surface area contributed by atoms with Crippen LogP contribution in [-0.4, -0.2) is 59.1 Å². The van der Waals surface area contributed by atoms with Gasteiger partial charge in [-0.05, 0) is 37.3 Å². The van der Waals surface area contributed by atoms with E-state index in [1.165, 1.54) is 5.56 Å². The zero-order valence-corrected chi connectivity index (χ0v) is 17.9. The first-order valence-corrected chi connectivity index (χ1v) is 10.2. The largest absolute Gasteiger partial charge is 0.480 e. The summed E-state index contributed by atoms with van der Waals surface area (Å²) in [5.41, 5.74) is 2.19. The minimum absolute atomic E-state index is 0.0406. The summed E-state index contributed by atoms with van der Waals surface area (Å²) in [5, 5.41) is 12.3. The summed E-state index contributed by atoms with van der Waals surface area (Å²) >= 11 is 0. The molecule has 0 aliphatic carbocycles. The number of carbonyl (C=O) groups excluding carboxylic acids is 1. The number of rotatable bonds is 6. The molecule has 2 N–H and O–H groups in total. The van der Waals surface area contributed by atoms with Crippen LogP contribution in [0.4, 0.5) is 4.79 Å². The molecule has 1 aliphatic rings. The van der Waals surface area contributed by atoms with Gasteiger partial charge in [0.2, 0.25) is 0 Å². The standard InChI is InChI=1S/C22H35N3O3/c1-6-24(15-19(26)27)18-10-12-25(13-11-18)21(28)23-20(22(3,4)5)17-9-7-8-16(2)14-17/h7-9,14,18,20H,6,10-13,15H2,1-5H3,(H,23,28)(H,26,27). The van der Waals surface area contributed by atoms with Crippen LogP contribution in [0, 0.1) is 12.3 Å². The Kier molecular flexibility index (Phi) is 7.47. The van der Waals surface area contributed by atoms with E-state index in [9.17, 15) is 9.59 Å². The van der Waals surface area contributed by atoms with E-state index in [0.717, 1.165) is 18.4 Å². The Morgan fingerprint density at radius 3 is 2.43 bits per heavy atom. The van der Waals surface area contributed by atoms with E-state index in [1.54, 1.807) is 0 Å². The normalized spacial score (nSPS) is 16.9. The van der Waals surface area contributed by atoms with Crippen LogP contribution >= 0.6 is 0 Å². The minimum Gasteiger partial charge on any atom is -0.480 e. The average molecular weight is 390 g/mol. The fourth-order valence-electron chi connectivity index (χ4n) is 3.97. The van der Waals surface area contributed by atoms with Crippen LogP contribution in [0.25, 0.3) is 0 Å². The zero-order valence-electron chi connectivity index (χ0n) is 17.9. The number of likely N-dealkylation sites (N-methyl/N-ethyl adjacent to an activating group) is 1. The van der Waals surface area contributed by atoms with E-state index in [2.05, 4.69) is 51.2 Å². The summed E-state index contributed by atoms with van der Waals surface area (Å²) in [5.74, 6) is -0.798. The molecule has 0 aromatic heterocycles. The predicted octanol–water partition coefficient (Wildman–Crippen LogP) is 3.66. The molecule has 1 aromatic rings. The molecule has 1 heterocycles. The number of carboxylic acids is 1. The van der Waals surface area contributed by atoms with Crippen molar-refractivity contribution in [2.45, 2.75) is 59.5 Å². The van der Waals surface area contributed by atoms with Gasteiger partial charge < -0.3 is 15.3 Å². The number of carboxylic acid groups (broad SMARTS) is 1. The van der Waals surface area contributed by atoms with Gasteiger partial charge in [-0.1, -0.05) is 57.5 Å². The summed E-state index contributed by atoms with van der Waals surface area (Å²) in [6.45, 7) is 12.5. The van der Waals surface area contributed by atoms with Crippen LogP contribution in [0.15, 0.2) is 24.3 Å². The molecule has 156 valence electrons. The second kappa shape index (κ2) is 9.41. The highest BCUT2D eigenvalue weighted by molar-refractivity contribution is 5.75. The van der Waals surface area contributed by atoms with Gasteiger partial charge in [0.1, 0.15) is 0 Å².